The Morgan fingerprint density at radius 3 is 1.94 bits per heavy atom. The van der Waals surface area contributed by atoms with Crippen molar-refractivity contribution in [2.45, 2.75) is 0 Å². The molecule has 10 heteroatoms. The Labute approximate surface area is 120 Å². The number of carboxylic acid groups (broad SMARTS) is 1. The quantitative estimate of drug-likeness (QED) is 0.376. The van der Waals surface area contributed by atoms with Gasteiger partial charge < -0.3 is 43.3 Å². The number of carbonyl (C=O) groups excluding carboxylic acids is 2. The molecule has 1 N–H and O–H groups in total. The molecule has 2 amide bonds. The van der Waals surface area contributed by atoms with E-state index >= 15 is 0 Å². The Bertz CT molecular complexity index is 279. The summed E-state index contributed by atoms with van der Waals surface area (Å²) in [5.41, 5.74) is 0. The van der Waals surface area contributed by atoms with E-state index in [1.807, 2.05) is 0 Å². The van der Waals surface area contributed by atoms with Crippen LogP contribution in [-0.2, 0) is 49.4 Å². The molecule has 8 nitrogen and oxygen atoms in total. The number of hydrogen-bond acceptors (Lipinski definition) is 5. The predicted octanol–water partition coefficient (Wildman–Crippen LogP) is -0.329. The summed E-state index contributed by atoms with van der Waals surface area (Å²) in [6.07, 6.45) is 0. The zero-order valence-corrected chi connectivity index (χ0v) is 11.9. The van der Waals surface area contributed by atoms with Crippen molar-refractivity contribution in [1.29, 1.82) is 0 Å². The van der Waals surface area contributed by atoms with Gasteiger partial charge in [-0.3, -0.25) is 4.79 Å². The summed E-state index contributed by atoms with van der Waals surface area (Å²) < 4.78 is 8.22. The van der Waals surface area contributed by atoms with E-state index in [0.717, 1.165) is 18.9 Å². The molecule has 0 aliphatic heterocycles. The Hall–Kier alpha value is -0.831. The number of carboxylic acids is 1. The fraction of sp³-hybridized carbons (Fsp3) is 0.625. The van der Waals surface area contributed by atoms with Gasteiger partial charge in [0.1, 0.15) is 0 Å². The molecule has 0 atom stereocenters. The third-order valence-electron chi connectivity index (χ3n) is 1.29. The van der Waals surface area contributed by atoms with Gasteiger partial charge in [-0.1, -0.05) is 0 Å². The van der Waals surface area contributed by atoms with Crippen molar-refractivity contribution in [3.05, 3.63) is 16.0 Å². The van der Waals surface area contributed by atoms with Gasteiger partial charge in [0.2, 0.25) is 0 Å². The van der Waals surface area contributed by atoms with Crippen LogP contribution in [0.4, 0.5) is 0 Å². The molecule has 0 radical (unpaired) electrons. The van der Waals surface area contributed by atoms with Gasteiger partial charge in [0.05, 0.1) is 11.8 Å². The van der Waals surface area contributed by atoms with Crippen LogP contribution in [0, 0.1) is 0 Å². The molecule has 0 heterocycles. The summed E-state index contributed by atoms with van der Waals surface area (Å²) in [6.45, 7) is -0.135. The van der Waals surface area contributed by atoms with Crippen LogP contribution in [0.3, 0.4) is 0 Å². The number of amides is 2. The maximum absolute atomic E-state index is 10.9. The van der Waals surface area contributed by atoms with Crippen molar-refractivity contribution in [3.63, 3.8) is 0 Å². The molecular weight excluding hydrogens is 349 g/mol. The third kappa shape index (κ3) is 13.2. The number of hydrogen-bond donors (Lipinski definition) is 1. The van der Waals surface area contributed by atoms with Crippen LogP contribution < -0.4 is 0 Å². The van der Waals surface area contributed by atoms with E-state index in [1.165, 1.54) is 0 Å². The SMILES string of the molecule is O=C(O)C[N-]CC[N-]C(=O)C(=O)[N-]CC[S-].[O]=[99Tc+4]. The van der Waals surface area contributed by atoms with Gasteiger partial charge >= 0.3 is 22.4 Å². The summed E-state index contributed by atoms with van der Waals surface area (Å²) in [6, 6.07) is 0. The second kappa shape index (κ2) is 14.2. The van der Waals surface area contributed by atoms with E-state index in [0.29, 0.717) is 0 Å². The van der Waals surface area contributed by atoms with E-state index in [1.54, 1.807) is 0 Å². The van der Waals surface area contributed by atoms with Gasteiger partial charge in [-0.2, -0.15) is 18.8 Å². The Kier molecular flexibility index (Phi) is 15.4. The van der Waals surface area contributed by atoms with Gasteiger partial charge in [-0.15, -0.1) is 6.54 Å². The van der Waals surface area contributed by atoms with Crippen molar-refractivity contribution >= 4 is 30.4 Å². The second-order valence-electron chi connectivity index (χ2n) is 2.58. The Morgan fingerprint density at radius 2 is 1.50 bits per heavy atom. The molecule has 0 aromatic rings. The second-order valence-corrected chi connectivity index (χ2v) is 2.99. The maximum atomic E-state index is 10.9. The van der Waals surface area contributed by atoms with Gasteiger partial charge in [-0.05, 0) is 6.54 Å². The standard InChI is InChI=1S/C8H14N3O4S.O.Tc/c12-6(13)5-9-1-2-10-7(14)8(15)11-3-4-16;;/h1-5H2,(H4,10,11,12,13,14,15,16);;/q-1;;+4/p-3/i;;1+1. The third-order valence-corrected chi connectivity index (χ3v) is 1.47. The fourth-order valence-corrected chi connectivity index (χ4v) is 0.771. The summed E-state index contributed by atoms with van der Waals surface area (Å²) in [5, 5.41) is 18.5. The molecule has 0 unspecified atom stereocenters. The van der Waals surface area contributed by atoms with E-state index in [9.17, 15) is 14.4 Å². The summed E-state index contributed by atoms with van der Waals surface area (Å²) in [7, 11) is 0. The average molecular weight is 360 g/mol. The number of aliphatic carboxylic acids is 1. The van der Waals surface area contributed by atoms with Crippen molar-refractivity contribution in [1.82, 2.24) is 0 Å². The first-order chi connectivity index (χ1) is 8.57. The molecule has 0 spiro atoms. The van der Waals surface area contributed by atoms with Crippen molar-refractivity contribution in [2.24, 2.45) is 0 Å². The molecule has 0 aliphatic rings. The van der Waals surface area contributed by atoms with Gasteiger partial charge in [-0.25, -0.2) is 0 Å². The summed E-state index contributed by atoms with van der Waals surface area (Å²) in [5.74, 6) is -2.66. The molecule has 0 fully saturated rings. The monoisotopic (exact) mass is 360 g/mol. The minimum absolute atomic E-state index is 0.0127. The van der Waals surface area contributed by atoms with E-state index in [-0.39, 0.29) is 31.9 Å². The zero-order valence-electron chi connectivity index (χ0n) is 9.24. The number of nitrogens with zero attached hydrogens (tertiary/aromatic N) is 3. The van der Waals surface area contributed by atoms with Crippen LogP contribution >= 0.6 is 0 Å². The zero-order chi connectivity index (χ0) is 14.4. The van der Waals surface area contributed by atoms with Gasteiger partial charge in [0, 0.05) is 0 Å². The molecule has 0 saturated carbocycles. The van der Waals surface area contributed by atoms with Crippen molar-refractivity contribution in [2.75, 3.05) is 31.9 Å². The van der Waals surface area contributed by atoms with E-state index < -0.39 is 17.8 Å². The Balaban J connectivity index is 0. The van der Waals surface area contributed by atoms with Gasteiger partial charge in [0.25, 0.3) is 5.97 Å². The first-order valence-electron chi connectivity index (χ1n) is 4.59. The molecule has 0 aromatic heterocycles. The molecule has 0 aromatic carbocycles. The van der Waals surface area contributed by atoms with Crippen LogP contribution in [0.1, 0.15) is 0 Å². The van der Waals surface area contributed by atoms with Crippen LogP contribution in [0.15, 0.2) is 0 Å². The summed E-state index contributed by atoms with van der Waals surface area (Å²) in [4.78, 5) is 31.9. The average Bonchev–Trinajstić information content (AvgIpc) is 2.37. The summed E-state index contributed by atoms with van der Waals surface area (Å²) >= 11 is 5.44. The van der Waals surface area contributed by atoms with Gasteiger partial charge in [0.15, 0.2) is 0 Å². The molecule has 0 saturated heterocycles. The predicted molar refractivity (Wildman–Crippen MR) is 60.1 cm³/mol. The number of carbonyl (C=O) groups is 3. The normalized spacial score (nSPS) is 8.83. The Morgan fingerprint density at radius 1 is 1.00 bits per heavy atom. The van der Waals surface area contributed by atoms with Crippen LogP contribution in [0.5, 0.6) is 0 Å². The van der Waals surface area contributed by atoms with Crippen LogP contribution in [-0.4, -0.2) is 54.8 Å². The molecule has 0 bridgehead atoms. The first kappa shape index (κ1) is 19.5. The molecule has 101 valence electrons. The number of rotatable bonds is 7. The molecule has 18 heavy (non-hydrogen) atoms. The first-order valence-corrected chi connectivity index (χ1v) is 5.93. The van der Waals surface area contributed by atoms with Crippen molar-refractivity contribution < 1.29 is 41.8 Å². The molecule has 0 rings (SSSR count). The minimum atomic E-state index is -1.05. The topological polar surface area (TPSA) is 131 Å². The fourth-order valence-electron chi connectivity index (χ4n) is 0.679. The van der Waals surface area contributed by atoms with E-state index in [2.05, 4.69) is 28.6 Å². The molecule has 0 aliphatic carbocycles. The molecular formula is C8H11N3O5STc. The van der Waals surface area contributed by atoms with E-state index in [4.69, 9.17) is 8.61 Å². The van der Waals surface area contributed by atoms with Crippen molar-refractivity contribution in [3.8, 4) is 0 Å². The van der Waals surface area contributed by atoms with Crippen LogP contribution in [0.2, 0.25) is 0 Å². The van der Waals surface area contributed by atoms with Crippen LogP contribution in [0.25, 0.3) is 16.0 Å².